The van der Waals surface area contributed by atoms with Crippen LogP contribution < -0.4 is 0 Å². The molecule has 3 nitrogen and oxygen atoms in total. The van der Waals surface area contributed by atoms with Crippen LogP contribution in [0.15, 0.2) is 0 Å². The molecule has 1 saturated carbocycles. The summed E-state index contributed by atoms with van der Waals surface area (Å²) in [6, 6.07) is 0.250. The zero-order chi connectivity index (χ0) is 10.3. The normalized spacial score (nSPS) is 33.1. The molecule has 2 fully saturated rings. The summed E-state index contributed by atoms with van der Waals surface area (Å²) in [5, 5.41) is 8.84. The summed E-state index contributed by atoms with van der Waals surface area (Å²) in [4.78, 5) is 13.1. The molecule has 3 atom stereocenters. The monoisotopic (exact) mass is 197 g/mol. The molecule has 3 unspecified atom stereocenters. The molecule has 0 aromatic rings. The molecule has 0 amide bonds. The van der Waals surface area contributed by atoms with E-state index >= 15 is 0 Å². The van der Waals surface area contributed by atoms with Crippen LogP contribution >= 0.6 is 0 Å². The van der Waals surface area contributed by atoms with Crippen LogP contribution in [-0.2, 0) is 4.79 Å². The third-order valence-electron chi connectivity index (χ3n) is 3.63. The van der Waals surface area contributed by atoms with Gasteiger partial charge in [0.1, 0.15) is 0 Å². The van der Waals surface area contributed by atoms with Gasteiger partial charge in [-0.2, -0.15) is 0 Å². The fourth-order valence-electron chi connectivity index (χ4n) is 2.67. The Morgan fingerprint density at radius 2 is 2.00 bits per heavy atom. The lowest BCUT2D eigenvalue weighted by molar-refractivity contribution is -0.138. The van der Waals surface area contributed by atoms with Crippen molar-refractivity contribution < 1.29 is 9.90 Å². The van der Waals surface area contributed by atoms with E-state index in [0.29, 0.717) is 12.3 Å². The van der Waals surface area contributed by atoms with Crippen molar-refractivity contribution in [2.75, 3.05) is 13.1 Å². The molecule has 3 heteroatoms. The first-order valence-electron chi connectivity index (χ1n) is 5.53. The predicted molar refractivity (Wildman–Crippen MR) is 54.0 cm³/mol. The van der Waals surface area contributed by atoms with Crippen LogP contribution in [0.5, 0.6) is 0 Å². The predicted octanol–water partition coefficient (Wildman–Crippen LogP) is 1.44. The first-order valence-corrected chi connectivity index (χ1v) is 5.53. The minimum atomic E-state index is -0.663. The Hall–Kier alpha value is -0.570. The number of hydrogen-bond acceptors (Lipinski definition) is 2. The van der Waals surface area contributed by atoms with Crippen molar-refractivity contribution in [2.45, 2.75) is 32.7 Å². The van der Waals surface area contributed by atoms with Gasteiger partial charge in [-0.25, -0.2) is 0 Å². The van der Waals surface area contributed by atoms with Gasteiger partial charge in [-0.1, -0.05) is 13.8 Å². The van der Waals surface area contributed by atoms with E-state index in [-0.39, 0.29) is 6.04 Å². The molecule has 2 aliphatic rings. The highest BCUT2D eigenvalue weighted by atomic mass is 16.4. The van der Waals surface area contributed by atoms with Crippen molar-refractivity contribution in [1.82, 2.24) is 4.90 Å². The highest BCUT2D eigenvalue weighted by Gasteiger charge is 2.47. The van der Waals surface area contributed by atoms with Gasteiger partial charge in [-0.15, -0.1) is 0 Å². The molecule has 0 radical (unpaired) electrons. The molecule has 1 heterocycles. The minimum absolute atomic E-state index is 0.250. The molecular formula is C11H19NO2. The molecule has 1 saturated heterocycles. The quantitative estimate of drug-likeness (QED) is 0.741. The van der Waals surface area contributed by atoms with Crippen molar-refractivity contribution >= 4 is 5.97 Å². The number of piperidine rings is 1. The summed E-state index contributed by atoms with van der Waals surface area (Å²) in [6.07, 6.45) is 1.69. The number of likely N-dealkylation sites (tertiary alicyclic amines) is 1. The number of hydrogen-bond donors (Lipinski definition) is 1. The second kappa shape index (κ2) is 3.54. The number of carboxylic acids is 1. The zero-order valence-electron chi connectivity index (χ0n) is 8.94. The average molecular weight is 197 g/mol. The van der Waals surface area contributed by atoms with E-state index in [2.05, 4.69) is 18.7 Å². The number of aliphatic carboxylic acids is 1. The van der Waals surface area contributed by atoms with Crippen LogP contribution in [0, 0.1) is 17.8 Å². The standard InChI is InChI=1S/C11H19NO2/c1-7(2)10(4-11(13)14)12-5-8-3-9(8)6-12/h7-10H,3-6H2,1-2H3,(H,13,14). The van der Waals surface area contributed by atoms with Gasteiger partial charge < -0.3 is 5.11 Å². The maximum Gasteiger partial charge on any atom is 0.304 e. The van der Waals surface area contributed by atoms with Gasteiger partial charge >= 0.3 is 5.97 Å². The van der Waals surface area contributed by atoms with Gasteiger partial charge in [0.15, 0.2) is 0 Å². The molecule has 14 heavy (non-hydrogen) atoms. The molecular weight excluding hydrogens is 178 g/mol. The van der Waals surface area contributed by atoms with Gasteiger partial charge in [-0.3, -0.25) is 9.69 Å². The van der Waals surface area contributed by atoms with E-state index in [0.717, 1.165) is 24.9 Å². The number of nitrogens with zero attached hydrogens (tertiary/aromatic N) is 1. The van der Waals surface area contributed by atoms with Gasteiger partial charge in [0, 0.05) is 19.1 Å². The highest BCUT2D eigenvalue weighted by Crippen LogP contribution is 2.46. The lowest BCUT2D eigenvalue weighted by atomic mass is 9.99. The zero-order valence-corrected chi connectivity index (χ0v) is 8.94. The SMILES string of the molecule is CC(C)C(CC(=O)O)N1CC2CC2C1. The van der Waals surface area contributed by atoms with E-state index < -0.39 is 5.97 Å². The molecule has 1 N–H and O–H groups in total. The van der Waals surface area contributed by atoms with E-state index in [1.54, 1.807) is 0 Å². The maximum absolute atomic E-state index is 10.7. The third kappa shape index (κ3) is 1.92. The average Bonchev–Trinajstić information content (AvgIpc) is 2.69. The fourth-order valence-corrected chi connectivity index (χ4v) is 2.67. The third-order valence-corrected chi connectivity index (χ3v) is 3.63. The fraction of sp³-hybridized carbons (Fsp3) is 0.909. The van der Waals surface area contributed by atoms with E-state index in [1.807, 2.05) is 0 Å². The van der Waals surface area contributed by atoms with Crippen molar-refractivity contribution in [3.05, 3.63) is 0 Å². The summed E-state index contributed by atoms with van der Waals surface area (Å²) in [5.74, 6) is 1.57. The lowest BCUT2D eigenvalue weighted by Crippen LogP contribution is -2.40. The van der Waals surface area contributed by atoms with E-state index in [9.17, 15) is 4.79 Å². The molecule has 0 aromatic heterocycles. The Labute approximate surface area is 85.1 Å². The number of rotatable bonds is 4. The van der Waals surface area contributed by atoms with Gasteiger partial charge in [-0.05, 0) is 24.2 Å². The number of carbonyl (C=O) groups is 1. The Morgan fingerprint density at radius 1 is 1.43 bits per heavy atom. The largest absolute Gasteiger partial charge is 0.481 e. The number of fused-ring (bicyclic) bond motifs is 1. The molecule has 2 rings (SSSR count). The van der Waals surface area contributed by atoms with Gasteiger partial charge in [0.25, 0.3) is 0 Å². The van der Waals surface area contributed by atoms with Crippen molar-refractivity contribution in [3.63, 3.8) is 0 Å². The Bertz CT molecular complexity index is 229. The van der Waals surface area contributed by atoms with E-state index in [1.165, 1.54) is 6.42 Å². The summed E-state index contributed by atoms with van der Waals surface area (Å²) in [7, 11) is 0. The topological polar surface area (TPSA) is 40.5 Å². The second-order valence-corrected chi connectivity index (χ2v) is 5.12. The number of carboxylic acid groups (broad SMARTS) is 1. The maximum atomic E-state index is 10.7. The van der Waals surface area contributed by atoms with Crippen LogP contribution in [0.1, 0.15) is 26.7 Å². The van der Waals surface area contributed by atoms with Crippen LogP contribution in [0.4, 0.5) is 0 Å². The smallest absolute Gasteiger partial charge is 0.304 e. The summed E-state index contributed by atoms with van der Waals surface area (Å²) < 4.78 is 0. The summed E-state index contributed by atoms with van der Waals surface area (Å²) >= 11 is 0. The Morgan fingerprint density at radius 3 is 2.43 bits per heavy atom. The van der Waals surface area contributed by atoms with Crippen molar-refractivity contribution in [1.29, 1.82) is 0 Å². The first kappa shape index (κ1) is 9.97. The van der Waals surface area contributed by atoms with Gasteiger partial charge in [0.2, 0.25) is 0 Å². The van der Waals surface area contributed by atoms with Crippen LogP contribution in [0.2, 0.25) is 0 Å². The Kier molecular flexibility index (Phi) is 2.52. The minimum Gasteiger partial charge on any atom is -0.481 e. The molecule has 0 bridgehead atoms. The summed E-state index contributed by atoms with van der Waals surface area (Å²) in [6.45, 7) is 6.52. The van der Waals surface area contributed by atoms with Crippen LogP contribution in [0.25, 0.3) is 0 Å². The van der Waals surface area contributed by atoms with Crippen molar-refractivity contribution in [3.8, 4) is 0 Å². The second-order valence-electron chi connectivity index (χ2n) is 5.12. The Balaban J connectivity index is 1.92. The highest BCUT2D eigenvalue weighted by molar-refractivity contribution is 5.67. The molecule has 0 aromatic carbocycles. The van der Waals surface area contributed by atoms with Crippen LogP contribution in [0.3, 0.4) is 0 Å². The van der Waals surface area contributed by atoms with Gasteiger partial charge in [0.05, 0.1) is 6.42 Å². The molecule has 1 aliphatic heterocycles. The lowest BCUT2D eigenvalue weighted by Gasteiger charge is -2.30. The first-order chi connectivity index (χ1) is 6.58. The molecule has 80 valence electrons. The molecule has 0 spiro atoms. The van der Waals surface area contributed by atoms with Crippen molar-refractivity contribution in [2.24, 2.45) is 17.8 Å². The van der Waals surface area contributed by atoms with Crippen LogP contribution in [-0.4, -0.2) is 35.1 Å². The molecule has 1 aliphatic carbocycles. The van der Waals surface area contributed by atoms with E-state index in [4.69, 9.17) is 5.11 Å². The summed E-state index contributed by atoms with van der Waals surface area (Å²) in [5.41, 5.74) is 0.